The Balaban J connectivity index is 2.53. The third kappa shape index (κ3) is 3.56. The SMILES string of the molecule is CCN(CC)c1c(/C(=N/N)NN)n(-c2cccc(OC)c2)c2cc(Cl)c(F)cc12. The number of methoxy groups -OCH3 is 1. The molecule has 0 saturated heterocycles. The molecule has 0 amide bonds. The van der Waals surface area contributed by atoms with Crippen molar-refractivity contribution in [2.45, 2.75) is 13.8 Å². The number of benzene rings is 2. The van der Waals surface area contributed by atoms with Crippen molar-refractivity contribution in [1.29, 1.82) is 0 Å². The standard InChI is InChI=1S/C20H24ClFN6O/c1-4-27(5-2)18-14-10-16(22)15(21)11-17(14)28(19(18)20(25-23)26-24)12-7-6-8-13(9-12)29-3/h6-11H,4-5,23-24H2,1-3H3,(H,25,26). The molecule has 0 bridgehead atoms. The van der Waals surface area contributed by atoms with Crippen molar-refractivity contribution in [2.75, 3.05) is 25.1 Å². The number of hydrazone groups is 1. The van der Waals surface area contributed by atoms with Gasteiger partial charge in [-0.2, -0.15) is 5.10 Å². The lowest BCUT2D eigenvalue weighted by Crippen LogP contribution is -2.35. The van der Waals surface area contributed by atoms with Gasteiger partial charge in [-0.1, -0.05) is 17.7 Å². The highest BCUT2D eigenvalue weighted by Gasteiger charge is 2.26. The fourth-order valence-electron chi connectivity index (χ4n) is 3.53. The van der Waals surface area contributed by atoms with Crippen molar-refractivity contribution in [2.24, 2.45) is 16.8 Å². The first kappa shape index (κ1) is 20.8. The highest BCUT2D eigenvalue weighted by molar-refractivity contribution is 6.31. The van der Waals surface area contributed by atoms with Gasteiger partial charge in [0.05, 0.1) is 29.0 Å². The van der Waals surface area contributed by atoms with Crippen molar-refractivity contribution >= 4 is 34.0 Å². The number of nitrogens with two attached hydrogens (primary N) is 2. The minimum absolute atomic E-state index is 0.0173. The zero-order valence-electron chi connectivity index (χ0n) is 16.5. The Morgan fingerprint density at radius 2 is 2.00 bits per heavy atom. The normalized spacial score (nSPS) is 11.7. The maximum atomic E-state index is 14.5. The highest BCUT2D eigenvalue weighted by Crippen LogP contribution is 2.39. The monoisotopic (exact) mass is 418 g/mol. The summed E-state index contributed by atoms with van der Waals surface area (Å²) < 4.78 is 21.7. The van der Waals surface area contributed by atoms with E-state index in [1.807, 2.05) is 42.7 Å². The molecule has 3 aromatic rings. The van der Waals surface area contributed by atoms with Crippen LogP contribution in [-0.4, -0.2) is 30.6 Å². The minimum Gasteiger partial charge on any atom is -0.497 e. The van der Waals surface area contributed by atoms with Crippen LogP contribution in [0, 0.1) is 5.82 Å². The second kappa shape index (κ2) is 8.59. The first-order chi connectivity index (χ1) is 14.0. The molecule has 7 nitrogen and oxygen atoms in total. The summed E-state index contributed by atoms with van der Waals surface area (Å²) in [5.74, 6) is 11.8. The maximum absolute atomic E-state index is 14.5. The topological polar surface area (TPSA) is 93.8 Å². The number of anilines is 1. The minimum atomic E-state index is -0.506. The molecule has 0 aliphatic rings. The van der Waals surface area contributed by atoms with E-state index in [4.69, 9.17) is 28.0 Å². The fourth-order valence-corrected chi connectivity index (χ4v) is 3.69. The van der Waals surface area contributed by atoms with Crippen LogP contribution in [0.1, 0.15) is 19.5 Å². The maximum Gasteiger partial charge on any atom is 0.186 e. The van der Waals surface area contributed by atoms with E-state index in [2.05, 4.69) is 15.4 Å². The number of fused-ring (bicyclic) bond motifs is 1. The number of halogens is 2. The van der Waals surface area contributed by atoms with Gasteiger partial charge in [-0.05, 0) is 38.1 Å². The largest absolute Gasteiger partial charge is 0.497 e. The molecule has 0 saturated carbocycles. The van der Waals surface area contributed by atoms with Gasteiger partial charge < -0.3 is 25.5 Å². The number of aromatic nitrogens is 1. The summed E-state index contributed by atoms with van der Waals surface area (Å²) >= 11 is 6.14. The molecule has 0 atom stereocenters. The van der Waals surface area contributed by atoms with Gasteiger partial charge in [0.1, 0.15) is 17.3 Å². The summed E-state index contributed by atoms with van der Waals surface area (Å²) in [7, 11) is 1.59. The van der Waals surface area contributed by atoms with E-state index in [-0.39, 0.29) is 10.9 Å². The summed E-state index contributed by atoms with van der Waals surface area (Å²) in [4.78, 5) is 2.09. The number of amidine groups is 1. The number of rotatable bonds is 6. The molecular formula is C20H24ClFN6O. The van der Waals surface area contributed by atoms with Crippen molar-refractivity contribution in [3.05, 3.63) is 52.9 Å². The Hall–Kier alpha value is -2.97. The smallest absolute Gasteiger partial charge is 0.186 e. The molecule has 154 valence electrons. The molecule has 5 N–H and O–H groups in total. The van der Waals surface area contributed by atoms with E-state index in [9.17, 15) is 4.39 Å². The first-order valence-corrected chi connectivity index (χ1v) is 9.56. The predicted octanol–water partition coefficient (Wildman–Crippen LogP) is 3.36. The van der Waals surface area contributed by atoms with Crippen LogP contribution in [-0.2, 0) is 0 Å². The fraction of sp³-hybridized carbons (Fsp3) is 0.250. The lowest BCUT2D eigenvalue weighted by molar-refractivity contribution is 0.414. The zero-order chi connectivity index (χ0) is 21.1. The van der Waals surface area contributed by atoms with Gasteiger partial charge in [-0.3, -0.25) is 0 Å². The Morgan fingerprint density at radius 1 is 1.28 bits per heavy atom. The van der Waals surface area contributed by atoms with Crippen molar-refractivity contribution < 1.29 is 9.13 Å². The van der Waals surface area contributed by atoms with Crippen LogP contribution in [0.25, 0.3) is 16.6 Å². The molecule has 29 heavy (non-hydrogen) atoms. The second-order valence-electron chi connectivity index (χ2n) is 6.31. The van der Waals surface area contributed by atoms with Crippen LogP contribution in [0.3, 0.4) is 0 Å². The Bertz CT molecular complexity index is 1060. The van der Waals surface area contributed by atoms with Crippen molar-refractivity contribution in [3.63, 3.8) is 0 Å². The highest BCUT2D eigenvalue weighted by atomic mass is 35.5. The molecule has 1 heterocycles. The summed E-state index contributed by atoms with van der Waals surface area (Å²) in [5.41, 5.74) is 5.37. The van der Waals surface area contributed by atoms with Crippen LogP contribution in [0.4, 0.5) is 10.1 Å². The molecule has 0 fully saturated rings. The van der Waals surface area contributed by atoms with Crippen LogP contribution in [0.5, 0.6) is 5.75 Å². The molecule has 0 aliphatic carbocycles. The number of ether oxygens (including phenoxy) is 1. The summed E-state index contributed by atoms with van der Waals surface area (Å²) in [6, 6.07) is 10.5. The Kier molecular flexibility index (Phi) is 6.14. The Morgan fingerprint density at radius 3 is 2.59 bits per heavy atom. The number of hydrogen-bond donors (Lipinski definition) is 3. The van der Waals surface area contributed by atoms with E-state index in [0.717, 1.165) is 11.4 Å². The van der Waals surface area contributed by atoms with Gasteiger partial charge in [-0.25, -0.2) is 10.2 Å². The molecule has 0 spiro atoms. The summed E-state index contributed by atoms with van der Waals surface area (Å²) in [6.45, 7) is 5.41. The number of hydrogen-bond acceptors (Lipinski definition) is 5. The number of nitrogens with zero attached hydrogens (tertiary/aromatic N) is 3. The average Bonchev–Trinajstić information content (AvgIpc) is 3.04. The quantitative estimate of drug-likeness (QED) is 0.247. The average molecular weight is 419 g/mol. The van der Waals surface area contributed by atoms with E-state index < -0.39 is 5.82 Å². The zero-order valence-corrected chi connectivity index (χ0v) is 17.3. The third-order valence-corrected chi connectivity index (χ3v) is 5.15. The van der Waals surface area contributed by atoms with Crippen molar-refractivity contribution in [1.82, 2.24) is 9.99 Å². The van der Waals surface area contributed by atoms with Gasteiger partial charge in [0, 0.05) is 24.5 Å². The van der Waals surface area contributed by atoms with Gasteiger partial charge >= 0.3 is 0 Å². The lowest BCUT2D eigenvalue weighted by Gasteiger charge is -2.23. The molecule has 9 heteroatoms. The molecule has 0 aliphatic heterocycles. The molecular weight excluding hydrogens is 395 g/mol. The predicted molar refractivity (Wildman–Crippen MR) is 116 cm³/mol. The third-order valence-electron chi connectivity index (χ3n) is 4.86. The van der Waals surface area contributed by atoms with E-state index >= 15 is 0 Å². The molecule has 1 aromatic heterocycles. The molecule has 2 aromatic carbocycles. The van der Waals surface area contributed by atoms with Crippen LogP contribution in [0.15, 0.2) is 41.5 Å². The first-order valence-electron chi connectivity index (χ1n) is 9.18. The number of hydrazine groups is 1. The van der Waals surface area contributed by atoms with Crippen LogP contribution < -0.4 is 26.7 Å². The van der Waals surface area contributed by atoms with Gasteiger partial charge in [0.15, 0.2) is 5.84 Å². The van der Waals surface area contributed by atoms with Gasteiger partial charge in [0.25, 0.3) is 0 Å². The van der Waals surface area contributed by atoms with E-state index in [0.29, 0.717) is 35.4 Å². The Labute approximate surface area is 173 Å². The molecule has 3 rings (SSSR count). The summed E-state index contributed by atoms with van der Waals surface area (Å²) in [6.07, 6.45) is 0. The van der Waals surface area contributed by atoms with Crippen LogP contribution >= 0.6 is 11.6 Å². The number of nitrogens with one attached hydrogen (secondary N) is 1. The lowest BCUT2D eigenvalue weighted by atomic mass is 10.2. The van der Waals surface area contributed by atoms with Crippen LogP contribution in [0.2, 0.25) is 5.02 Å². The molecule has 0 radical (unpaired) electrons. The van der Waals surface area contributed by atoms with E-state index in [1.54, 1.807) is 13.2 Å². The van der Waals surface area contributed by atoms with Gasteiger partial charge in [0.2, 0.25) is 0 Å². The summed E-state index contributed by atoms with van der Waals surface area (Å²) in [5, 5.41) is 4.52. The van der Waals surface area contributed by atoms with Gasteiger partial charge in [-0.15, -0.1) is 0 Å². The van der Waals surface area contributed by atoms with E-state index in [1.165, 1.54) is 6.07 Å². The molecule has 0 unspecified atom stereocenters. The van der Waals surface area contributed by atoms with Crippen molar-refractivity contribution in [3.8, 4) is 11.4 Å². The second-order valence-corrected chi connectivity index (χ2v) is 6.72.